The summed E-state index contributed by atoms with van der Waals surface area (Å²) in [6, 6.07) is 19.9. The summed E-state index contributed by atoms with van der Waals surface area (Å²) in [5.41, 5.74) is 4.62. The lowest BCUT2D eigenvalue weighted by Gasteiger charge is -2.11. The molecule has 0 saturated heterocycles. The summed E-state index contributed by atoms with van der Waals surface area (Å²) in [6.45, 7) is 0.395. The number of hydrogen-bond acceptors (Lipinski definition) is 6. The van der Waals surface area contributed by atoms with Crippen molar-refractivity contribution in [2.45, 2.75) is 13.0 Å². The third-order valence-electron chi connectivity index (χ3n) is 4.59. The molecular weight excluding hydrogens is 502 g/mol. The van der Waals surface area contributed by atoms with Gasteiger partial charge in [0.2, 0.25) is 11.8 Å². The lowest BCUT2D eigenvalue weighted by atomic mass is 10.2. The van der Waals surface area contributed by atoms with Crippen LogP contribution in [0.1, 0.15) is 17.5 Å². The molecule has 0 aliphatic carbocycles. The van der Waals surface area contributed by atoms with Gasteiger partial charge in [0.15, 0.2) is 11.5 Å². The fourth-order valence-electron chi connectivity index (χ4n) is 2.87. The monoisotopic (exact) mass is 525 g/mol. The van der Waals surface area contributed by atoms with Gasteiger partial charge in [0.05, 0.1) is 20.4 Å². The van der Waals surface area contributed by atoms with Gasteiger partial charge in [-0.25, -0.2) is 5.43 Å². The number of methoxy groups -OCH3 is 2. The number of carbonyl (C=O) groups is 2. The smallest absolute Gasteiger partial charge is 0.249 e. The molecule has 3 aromatic carbocycles. The minimum atomic E-state index is -0.538. The predicted molar refractivity (Wildman–Crippen MR) is 133 cm³/mol. The van der Waals surface area contributed by atoms with E-state index in [2.05, 4.69) is 31.8 Å². The molecule has 0 aromatic heterocycles. The molecule has 0 bridgehead atoms. The van der Waals surface area contributed by atoms with Crippen LogP contribution < -0.4 is 25.0 Å². The van der Waals surface area contributed by atoms with Crippen LogP contribution in [0.4, 0.5) is 5.69 Å². The van der Waals surface area contributed by atoms with Crippen LogP contribution in [0, 0.1) is 0 Å². The zero-order valence-electron chi connectivity index (χ0n) is 18.7. The molecule has 0 unspecified atom stereocenters. The average molecular weight is 526 g/mol. The first-order chi connectivity index (χ1) is 16.5. The van der Waals surface area contributed by atoms with E-state index in [1.54, 1.807) is 56.7 Å². The molecule has 0 atom stereocenters. The number of nitrogens with zero attached hydrogens (tertiary/aromatic N) is 1. The van der Waals surface area contributed by atoms with E-state index >= 15 is 0 Å². The first-order valence-electron chi connectivity index (χ1n) is 10.3. The standard InChI is InChI=1S/C25H24BrN3O5/c1-32-21-10-8-20(9-11-21)28-24(30)14-25(31)29-27-15-18-5-12-22(23(13-18)33-2)34-16-17-3-6-19(26)7-4-17/h3-13,15H,14,16H2,1-2H3,(H,28,30)(H,29,31). The summed E-state index contributed by atoms with van der Waals surface area (Å²) in [7, 11) is 3.11. The summed E-state index contributed by atoms with van der Waals surface area (Å²) in [5, 5.41) is 6.55. The third kappa shape index (κ3) is 7.63. The Morgan fingerprint density at radius 3 is 2.32 bits per heavy atom. The van der Waals surface area contributed by atoms with Crippen molar-refractivity contribution in [1.29, 1.82) is 0 Å². The van der Waals surface area contributed by atoms with Gasteiger partial charge in [0.1, 0.15) is 18.8 Å². The number of benzene rings is 3. The molecule has 8 nitrogen and oxygen atoms in total. The lowest BCUT2D eigenvalue weighted by molar-refractivity contribution is -0.126. The highest BCUT2D eigenvalue weighted by atomic mass is 79.9. The molecule has 0 spiro atoms. The molecule has 0 fully saturated rings. The van der Waals surface area contributed by atoms with E-state index in [4.69, 9.17) is 14.2 Å². The van der Waals surface area contributed by atoms with Crippen molar-refractivity contribution < 1.29 is 23.8 Å². The number of nitrogens with one attached hydrogen (secondary N) is 2. The first-order valence-corrected chi connectivity index (χ1v) is 11.1. The van der Waals surface area contributed by atoms with Gasteiger partial charge in [-0.1, -0.05) is 28.1 Å². The number of carbonyl (C=O) groups excluding carboxylic acids is 2. The number of ether oxygens (including phenoxy) is 3. The predicted octanol–water partition coefficient (Wildman–Crippen LogP) is 4.52. The van der Waals surface area contributed by atoms with Gasteiger partial charge in [-0.05, 0) is 65.7 Å². The number of amides is 2. The number of halogens is 1. The van der Waals surface area contributed by atoms with Crippen molar-refractivity contribution in [1.82, 2.24) is 5.43 Å². The van der Waals surface area contributed by atoms with Crippen LogP contribution in [0.5, 0.6) is 17.2 Å². The number of hydrazone groups is 1. The van der Waals surface area contributed by atoms with Crippen molar-refractivity contribution in [2.24, 2.45) is 5.10 Å². The molecule has 0 heterocycles. The fourth-order valence-corrected chi connectivity index (χ4v) is 3.13. The molecule has 2 N–H and O–H groups in total. The molecule has 9 heteroatoms. The van der Waals surface area contributed by atoms with E-state index in [9.17, 15) is 9.59 Å². The number of hydrogen-bond donors (Lipinski definition) is 2. The van der Waals surface area contributed by atoms with Crippen molar-refractivity contribution in [2.75, 3.05) is 19.5 Å². The Kier molecular flexibility index (Phi) is 9.04. The van der Waals surface area contributed by atoms with Crippen LogP contribution in [0.25, 0.3) is 0 Å². The van der Waals surface area contributed by atoms with E-state index in [1.807, 2.05) is 24.3 Å². The van der Waals surface area contributed by atoms with Gasteiger partial charge < -0.3 is 19.5 Å². The molecule has 176 valence electrons. The van der Waals surface area contributed by atoms with Gasteiger partial charge in [-0.3, -0.25) is 9.59 Å². The SMILES string of the molecule is COc1ccc(NC(=O)CC(=O)NN=Cc2ccc(OCc3ccc(Br)cc3)c(OC)c2)cc1. The first kappa shape index (κ1) is 24.8. The van der Waals surface area contributed by atoms with Crippen molar-refractivity contribution in [3.63, 3.8) is 0 Å². The molecule has 0 saturated carbocycles. The minimum Gasteiger partial charge on any atom is -0.497 e. The molecule has 3 rings (SSSR count). The molecule has 3 aromatic rings. The summed E-state index contributed by atoms with van der Waals surface area (Å²) in [4.78, 5) is 24.0. The van der Waals surface area contributed by atoms with Crippen LogP contribution in [0.15, 0.2) is 76.3 Å². The normalized spacial score (nSPS) is 10.6. The third-order valence-corrected chi connectivity index (χ3v) is 5.12. The second kappa shape index (κ2) is 12.4. The zero-order valence-corrected chi connectivity index (χ0v) is 20.3. The quantitative estimate of drug-likeness (QED) is 0.230. The lowest BCUT2D eigenvalue weighted by Crippen LogP contribution is -2.24. The van der Waals surface area contributed by atoms with Crippen LogP contribution in [0.3, 0.4) is 0 Å². The Hall–Kier alpha value is -3.85. The van der Waals surface area contributed by atoms with Crippen LogP contribution in [0.2, 0.25) is 0 Å². The highest BCUT2D eigenvalue weighted by molar-refractivity contribution is 9.10. The maximum Gasteiger partial charge on any atom is 0.249 e. The van der Waals surface area contributed by atoms with Crippen LogP contribution >= 0.6 is 15.9 Å². The molecule has 34 heavy (non-hydrogen) atoms. The number of anilines is 1. The summed E-state index contributed by atoms with van der Waals surface area (Å²) in [6.07, 6.45) is 1.09. The topological polar surface area (TPSA) is 98.2 Å². The van der Waals surface area contributed by atoms with E-state index in [1.165, 1.54) is 6.21 Å². The highest BCUT2D eigenvalue weighted by Crippen LogP contribution is 2.28. The highest BCUT2D eigenvalue weighted by Gasteiger charge is 2.10. The Balaban J connectivity index is 1.49. The van der Waals surface area contributed by atoms with Crippen LogP contribution in [-0.2, 0) is 16.2 Å². The molecule has 0 aliphatic rings. The molecule has 0 aliphatic heterocycles. The van der Waals surface area contributed by atoms with Gasteiger partial charge in [-0.2, -0.15) is 5.10 Å². The maximum atomic E-state index is 12.0. The Morgan fingerprint density at radius 1 is 0.912 bits per heavy atom. The number of rotatable bonds is 10. The Bertz CT molecular complexity index is 1150. The maximum absolute atomic E-state index is 12.0. The summed E-state index contributed by atoms with van der Waals surface area (Å²) < 4.78 is 17.3. The van der Waals surface area contributed by atoms with Crippen molar-refractivity contribution in [3.05, 3.63) is 82.3 Å². The molecule has 2 amide bonds. The largest absolute Gasteiger partial charge is 0.497 e. The second-order valence-corrected chi connectivity index (χ2v) is 7.99. The van der Waals surface area contributed by atoms with E-state index < -0.39 is 11.8 Å². The van der Waals surface area contributed by atoms with E-state index in [0.717, 1.165) is 10.0 Å². The minimum absolute atomic E-state index is 0.366. The summed E-state index contributed by atoms with van der Waals surface area (Å²) in [5.74, 6) is 0.800. The fraction of sp³-hybridized carbons (Fsp3) is 0.160. The van der Waals surface area contributed by atoms with Gasteiger partial charge in [-0.15, -0.1) is 0 Å². The van der Waals surface area contributed by atoms with E-state index in [0.29, 0.717) is 35.1 Å². The van der Waals surface area contributed by atoms with Gasteiger partial charge in [0.25, 0.3) is 0 Å². The summed E-state index contributed by atoms with van der Waals surface area (Å²) >= 11 is 3.41. The molecular formula is C25H24BrN3O5. The average Bonchev–Trinajstić information content (AvgIpc) is 2.84. The Labute approximate surface area is 206 Å². The van der Waals surface area contributed by atoms with Crippen molar-refractivity contribution >= 4 is 39.6 Å². The van der Waals surface area contributed by atoms with Crippen LogP contribution in [-0.4, -0.2) is 32.2 Å². The Morgan fingerprint density at radius 2 is 1.65 bits per heavy atom. The van der Waals surface area contributed by atoms with Crippen molar-refractivity contribution in [3.8, 4) is 17.2 Å². The van der Waals surface area contributed by atoms with Gasteiger partial charge in [0, 0.05) is 10.2 Å². The van der Waals surface area contributed by atoms with Gasteiger partial charge >= 0.3 is 0 Å². The second-order valence-electron chi connectivity index (χ2n) is 7.07. The van der Waals surface area contributed by atoms with E-state index in [-0.39, 0.29) is 6.42 Å². The zero-order chi connectivity index (χ0) is 24.3. The molecule has 0 radical (unpaired) electrons.